The quantitative estimate of drug-likeness (QED) is 0.777. The highest BCUT2D eigenvalue weighted by atomic mass is 32.1. The Balaban J connectivity index is 3.19. The standard InChI is InChI=1S/C12H16O4S/c1-5-15-11(13)9-7(3)17-8(4)10(9)12(14)16-6-2/h5-6H2,1-4H3. The summed E-state index contributed by atoms with van der Waals surface area (Å²) in [5.74, 6) is -0.921. The Morgan fingerprint density at radius 2 is 1.29 bits per heavy atom. The van der Waals surface area contributed by atoms with Gasteiger partial charge in [-0.25, -0.2) is 9.59 Å². The van der Waals surface area contributed by atoms with E-state index >= 15 is 0 Å². The molecule has 0 radical (unpaired) electrons. The zero-order chi connectivity index (χ0) is 13.0. The molecule has 0 bridgehead atoms. The minimum absolute atomic E-state index is 0.287. The molecule has 0 amide bonds. The fraction of sp³-hybridized carbons (Fsp3) is 0.500. The Labute approximate surface area is 105 Å². The predicted octanol–water partition coefficient (Wildman–Crippen LogP) is 2.72. The molecule has 0 saturated heterocycles. The van der Waals surface area contributed by atoms with Crippen LogP contribution in [0.4, 0.5) is 0 Å². The van der Waals surface area contributed by atoms with Gasteiger partial charge in [-0.05, 0) is 27.7 Å². The van der Waals surface area contributed by atoms with E-state index in [0.717, 1.165) is 9.75 Å². The van der Waals surface area contributed by atoms with E-state index in [1.54, 1.807) is 27.7 Å². The first-order chi connectivity index (χ1) is 8.02. The summed E-state index contributed by atoms with van der Waals surface area (Å²) < 4.78 is 9.90. The average molecular weight is 256 g/mol. The van der Waals surface area contributed by atoms with E-state index in [9.17, 15) is 9.59 Å². The number of hydrogen-bond donors (Lipinski definition) is 0. The maximum Gasteiger partial charge on any atom is 0.340 e. The summed E-state index contributed by atoms with van der Waals surface area (Å²) in [4.78, 5) is 25.1. The molecule has 1 heterocycles. The zero-order valence-electron chi connectivity index (χ0n) is 10.5. The molecule has 0 fully saturated rings. The third-order valence-corrected chi connectivity index (χ3v) is 3.24. The number of hydrogen-bond acceptors (Lipinski definition) is 5. The summed E-state index contributed by atoms with van der Waals surface area (Å²) in [6.45, 7) is 7.64. The van der Waals surface area contributed by atoms with Crippen molar-refractivity contribution in [3.8, 4) is 0 Å². The first-order valence-electron chi connectivity index (χ1n) is 5.47. The summed E-state index contributed by atoms with van der Waals surface area (Å²) in [6, 6.07) is 0. The number of carbonyl (C=O) groups is 2. The van der Waals surface area contributed by atoms with Gasteiger partial charge < -0.3 is 9.47 Å². The van der Waals surface area contributed by atoms with Crippen LogP contribution in [0.5, 0.6) is 0 Å². The highest BCUT2D eigenvalue weighted by Crippen LogP contribution is 2.28. The molecule has 0 saturated carbocycles. The predicted molar refractivity (Wildman–Crippen MR) is 65.7 cm³/mol. The van der Waals surface area contributed by atoms with Crippen molar-refractivity contribution in [2.24, 2.45) is 0 Å². The van der Waals surface area contributed by atoms with Gasteiger partial charge in [0.25, 0.3) is 0 Å². The van der Waals surface area contributed by atoms with Crippen molar-refractivity contribution >= 4 is 23.3 Å². The van der Waals surface area contributed by atoms with Crippen LogP contribution in [0.1, 0.15) is 44.3 Å². The number of carbonyl (C=O) groups excluding carboxylic acids is 2. The summed E-state index contributed by atoms with van der Waals surface area (Å²) in [7, 11) is 0. The van der Waals surface area contributed by atoms with Crippen molar-refractivity contribution < 1.29 is 19.1 Å². The SMILES string of the molecule is CCOC(=O)c1c(C)sc(C)c1C(=O)OCC. The molecule has 0 atom stereocenters. The molecule has 1 aromatic heterocycles. The maximum atomic E-state index is 11.8. The Kier molecular flexibility index (Phi) is 4.69. The van der Waals surface area contributed by atoms with Crippen LogP contribution in [0.25, 0.3) is 0 Å². The van der Waals surface area contributed by atoms with Gasteiger partial charge in [-0.1, -0.05) is 0 Å². The third kappa shape index (κ3) is 2.85. The summed E-state index contributed by atoms with van der Waals surface area (Å²) >= 11 is 1.40. The summed E-state index contributed by atoms with van der Waals surface area (Å²) in [6.07, 6.45) is 0. The van der Waals surface area contributed by atoms with Gasteiger partial charge in [0, 0.05) is 9.75 Å². The lowest BCUT2D eigenvalue weighted by Crippen LogP contribution is -2.13. The molecule has 0 N–H and O–H groups in total. The van der Waals surface area contributed by atoms with E-state index < -0.39 is 11.9 Å². The van der Waals surface area contributed by atoms with Gasteiger partial charge in [0.05, 0.1) is 24.3 Å². The molecule has 94 valence electrons. The fourth-order valence-electron chi connectivity index (χ4n) is 1.58. The Bertz CT molecular complexity index is 395. The van der Waals surface area contributed by atoms with Crippen molar-refractivity contribution in [1.82, 2.24) is 0 Å². The molecular weight excluding hydrogens is 240 g/mol. The summed E-state index contributed by atoms with van der Waals surface area (Å²) in [5.41, 5.74) is 0.681. The molecule has 0 unspecified atom stereocenters. The molecule has 0 aliphatic rings. The van der Waals surface area contributed by atoms with E-state index in [-0.39, 0.29) is 13.2 Å². The van der Waals surface area contributed by atoms with Gasteiger partial charge in [0.2, 0.25) is 0 Å². The second-order valence-corrected chi connectivity index (χ2v) is 4.83. The van der Waals surface area contributed by atoms with E-state index in [0.29, 0.717) is 11.1 Å². The molecule has 1 rings (SSSR count). The van der Waals surface area contributed by atoms with Gasteiger partial charge in [-0.3, -0.25) is 0 Å². The molecule has 0 aliphatic heterocycles. The maximum absolute atomic E-state index is 11.8. The lowest BCUT2D eigenvalue weighted by atomic mass is 10.1. The molecule has 4 nitrogen and oxygen atoms in total. The van der Waals surface area contributed by atoms with Crippen molar-refractivity contribution in [3.63, 3.8) is 0 Å². The molecular formula is C12H16O4S. The van der Waals surface area contributed by atoms with Crippen LogP contribution >= 0.6 is 11.3 Å². The van der Waals surface area contributed by atoms with Gasteiger partial charge in [-0.15, -0.1) is 11.3 Å². The lowest BCUT2D eigenvalue weighted by Gasteiger charge is -2.05. The molecule has 5 heteroatoms. The van der Waals surface area contributed by atoms with Crippen molar-refractivity contribution in [2.45, 2.75) is 27.7 Å². The average Bonchev–Trinajstić information content (AvgIpc) is 2.54. The number of rotatable bonds is 4. The number of aryl methyl sites for hydroxylation is 2. The fourth-order valence-corrected chi connectivity index (χ4v) is 2.62. The van der Waals surface area contributed by atoms with Crippen molar-refractivity contribution in [3.05, 3.63) is 20.9 Å². The Morgan fingerprint density at radius 1 is 0.941 bits per heavy atom. The monoisotopic (exact) mass is 256 g/mol. The molecule has 0 aliphatic carbocycles. The normalized spacial score (nSPS) is 10.1. The van der Waals surface area contributed by atoms with Crippen LogP contribution in [0, 0.1) is 13.8 Å². The second-order valence-electron chi connectivity index (χ2n) is 3.41. The van der Waals surface area contributed by atoms with Gasteiger partial charge >= 0.3 is 11.9 Å². The first-order valence-corrected chi connectivity index (χ1v) is 6.28. The second kappa shape index (κ2) is 5.82. The number of esters is 2. The summed E-state index contributed by atoms with van der Waals surface area (Å²) in [5, 5.41) is 0. The first kappa shape index (κ1) is 13.7. The van der Waals surface area contributed by atoms with Crippen LogP contribution < -0.4 is 0 Å². The Morgan fingerprint density at radius 3 is 1.59 bits per heavy atom. The van der Waals surface area contributed by atoms with E-state index in [1.807, 2.05) is 0 Å². The highest BCUT2D eigenvalue weighted by Gasteiger charge is 2.26. The van der Waals surface area contributed by atoms with Crippen LogP contribution in [-0.2, 0) is 9.47 Å². The number of thiophene rings is 1. The Hall–Kier alpha value is -1.36. The van der Waals surface area contributed by atoms with E-state index in [2.05, 4.69) is 0 Å². The van der Waals surface area contributed by atoms with Gasteiger partial charge in [-0.2, -0.15) is 0 Å². The van der Waals surface area contributed by atoms with Crippen molar-refractivity contribution in [2.75, 3.05) is 13.2 Å². The topological polar surface area (TPSA) is 52.6 Å². The van der Waals surface area contributed by atoms with Crippen LogP contribution in [-0.4, -0.2) is 25.2 Å². The largest absolute Gasteiger partial charge is 0.462 e. The minimum Gasteiger partial charge on any atom is -0.462 e. The molecule has 0 aromatic carbocycles. The van der Waals surface area contributed by atoms with Gasteiger partial charge in [0.1, 0.15) is 0 Å². The van der Waals surface area contributed by atoms with Gasteiger partial charge in [0.15, 0.2) is 0 Å². The molecule has 17 heavy (non-hydrogen) atoms. The third-order valence-electron chi connectivity index (χ3n) is 2.22. The van der Waals surface area contributed by atoms with Crippen molar-refractivity contribution in [1.29, 1.82) is 0 Å². The minimum atomic E-state index is -0.461. The van der Waals surface area contributed by atoms with Crippen LogP contribution in [0.2, 0.25) is 0 Å². The van der Waals surface area contributed by atoms with Crippen LogP contribution in [0.15, 0.2) is 0 Å². The molecule has 0 spiro atoms. The van der Waals surface area contributed by atoms with Crippen LogP contribution in [0.3, 0.4) is 0 Å². The molecule has 1 aromatic rings. The smallest absolute Gasteiger partial charge is 0.340 e. The lowest BCUT2D eigenvalue weighted by molar-refractivity contribution is 0.0479. The van der Waals surface area contributed by atoms with E-state index in [4.69, 9.17) is 9.47 Å². The highest BCUT2D eigenvalue weighted by molar-refractivity contribution is 7.12. The van der Waals surface area contributed by atoms with E-state index in [1.165, 1.54) is 11.3 Å². The zero-order valence-corrected chi connectivity index (χ0v) is 11.3. The number of ether oxygens (including phenoxy) is 2.